The molecule has 1 rings (SSSR count). The van der Waals surface area contributed by atoms with Gasteiger partial charge in [0.2, 0.25) is 17.7 Å². The highest BCUT2D eigenvalue weighted by Crippen LogP contribution is 2.04. The second-order valence-corrected chi connectivity index (χ2v) is 6.18. The van der Waals surface area contributed by atoms with Crippen LogP contribution in [-0.2, 0) is 25.6 Å². The second kappa shape index (κ2) is 9.51. The Bertz CT molecular complexity index is 645. The summed E-state index contributed by atoms with van der Waals surface area (Å²) in [5.74, 6) is -3.79. The van der Waals surface area contributed by atoms with Gasteiger partial charge < -0.3 is 32.2 Å². The van der Waals surface area contributed by atoms with Crippen LogP contribution in [0.4, 0.5) is 0 Å². The maximum Gasteiger partial charge on any atom is 0.326 e. The lowest BCUT2D eigenvalue weighted by molar-refractivity contribution is -0.143. The molecule has 11 nitrogen and oxygen atoms in total. The third-order valence-corrected chi connectivity index (χ3v) is 3.65. The fourth-order valence-electron chi connectivity index (χ4n) is 2.07. The standard InChI is InChI=1S/C15H24N6O5/c1-7(2)12(17)14(24)20-9(3-8-5-18-6-19-8)13(23)21-10(15(25)26)4-11(16)22/h5-7,9-10,12H,3-4,17H2,1-2H3,(H2,16,22)(H,18,19)(H,20,24)(H,21,23)(H,25,26). The summed E-state index contributed by atoms with van der Waals surface area (Å²) in [5, 5.41) is 13.8. The van der Waals surface area contributed by atoms with Crippen molar-refractivity contribution in [3.63, 3.8) is 0 Å². The van der Waals surface area contributed by atoms with Crippen LogP contribution >= 0.6 is 0 Å². The van der Waals surface area contributed by atoms with Gasteiger partial charge in [-0.15, -0.1) is 0 Å². The molecule has 0 radical (unpaired) electrons. The number of H-pyrrole nitrogens is 1. The Labute approximate surface area is 149 Å². The summed E-state index contributed by atoms with van der Waals surface area (Å²) < 4.78 is 0. The normalized spacial score (nSPS) is 14.3. The molecule has 1 heterocycles. The van der Waals surface area contributed by atoms with E-state index >= 15 is 0 Å². The van der Waals surface area contributed by atoms with Crippen molar-refractivity contribution in [1.29, 1.82) is 0 Å². The van der Waals surface area contributed by atoms with Crippen LogP contribution in [0.2, 0.25) is 0 Å². The van der Waals surface area contributed by atoms with Crippen molar-refractivity contribution in [3.05, 3.63) is 18.2 Å². The summed E-state index contributed by atoms with van der Waals surface area (Å²) in [6, 6.07) is -3.45. The number of hydrogen-bond donors (Lipinski definition) is 6. The summed E-state index contributed by atoms with van der Waals surface area (Å²) in [6.45, 7) is 3.50. The maximum atomic E-state index is 12.5. The molecule has 0 aliphatic rings. The van der Waals surface area contributed by atoms with Crippen LogP contribution in [-0.4, -0.2) is 56.9 Å². The minimum atomic E-state index is -1.50. The molecule has 0 aromatic carbocycles. The van der Waals surface area contributed by atoms with Gasteiger partial charge in [-0.2, -0.15) is 0 Å². The zero-order valence-corrected chi connectivity index (χ0v) is 14.6. The van der Waals surface area contributed by atoms with Gasteiger partial charge in [-0.1, -0.05) is 13.8 Å². The van der Waals surface area contributed by atoms with Gasteiger partial charge in [0.25, 0.3) is 0 Å². The molecule has 11 heteroatoms. The van der Waals surface area contributed by atoms with Crippen molar-refractivity contribution < 1.29 is 24.3 Å². The number of primary amides is 1. The SMILES string of the molecule is CC(C)C(N)C(=O)NC(Cc1cnc[nH]1)C(=O)NC(CC(N)=O)C(=O)O. The average molecular weight is 368 g/mol. The minimum Gasteiger partial charge on any atom is -0.480 e. The molecule has 0 fully saturated rings. The molecule has 3 amide bonds. The van der Waals surface area contributed by atoms with Gasteiger partial charge in [0.1, 0.15) is 12.1 Å². The molecule has 0 bridgehead atoms. The van der Waals surface area contributed by atoms with Crippen LogP contribution in [0.15, 0.2) is 12.5 Å². The van der Waals surface area contributed by atoms with Crippen LogP contribution < -0.4 is 22.1 Å². The number of aliphatic carboxylic acids is 1. The first-order valence-electron chi connectivity index (χ1n) is 7.96. The number of imidazole rings is 1. The molecule has 0 aliphatic carbocycles. The van der Waals surface area contributed by atoms with Gasteiger partial charge in [-0.05, 0) is 5.92 Å². The van der Waals surface area contributed by atoms with E-state index < -0.39 is 48.2 Å². The predicted octanol–water partition coefficient (Wildman–Crippen LogP) is -2.13. The monoisotopic (exact) mass is 368 g/mol. The smallest absolute Gasteiger partial charge is 0.326 e. The fourth-order valence-corrected chi connectivity index (χ4v) is 2.07. The number of rotatable bonds is 10. The number of carboxylic acids is 1. The molecular formula is C15H24N6O5. The quantitative estimate of drug-likeness (QED) is 0.271. The lowest BCUT2D eigenvalue weighted by Gasteiger charge is -2.23. The fraction of sp³-hybridized carbons (Fsp3) is 0.533. The number of carbonyl (C=O) groups excluding carboxylic acids is 3. The number of nitrogens with two attached hydrogens (primary N) is 2. The van der Waals surface area contributed by atoms with E-state index in [0.717, 1.165) is 0 Å². The maximum absolute atomic E-state index is 12.5. The van der Waals surface area contributed by atoms with Crippen LogP contribution in [0.3, 0.4) is 0 Å². The van der Waals surface area contributed by atoms with Crippen LogP contribution in [0, 0.1) is 5.92 Å². The molecule has 3 atom stereocenters. The van der Waals surface area contributed by atoms with E-state index in [1.54, 1.807) is 13.8 Å². The summed E-state index contributed by atoms with van der Waals surface area (Å²) >= 11 is 0. The number of carboxylic acid groups (broad SMARTS) is 1. The molecule has 0 aliphatic heterocycles. The first-order valence-corrected chi connectivity index (χ1v) is 7.96. The first kappa shape index (κ1) is 21.1. The Morgan fingerprint density at radius 1 is 1.19 bits per heavy atom. The Morgan fingerprint density at radius 2 is 1.81 bits per heavy atom. The summed E-state index contributed by atoms with van der Waals surface area (Å²) in [5.41, 5.74) is 11.3. The third-order valence-electron chi connectivity index (χ3n) is 3.65. The molecule has 1 aromatic heterocycles. The number of nitrogens with zero attached hydrogens (tertiary/aromatic N) is 1. The highest BCUT2D eigenvalue weighted by atomic mass is 16.4. The van der Waals surface area contributed by atoms with Crippen LogP contribution in [0.5, 0.6) is 0 Å². The number of aromatic nitrogens is 2. The molecular weight excluding hydrogens is 344 g/mol. The number of amides is 3. The van der Waals surface area contributed by atoms with E-state index in [4.69, 9.17) is 16.6 Å². The van der Waals surface area contributed by atoms with E-state index in [1.807, 2.05) is 0 Å². The average Bonchev–Trinajstić information content (AvgIpc) is 3.04. The van der Waals surface area contributed by atoms with Gasteiger partial charge >= 0.3 is 5.97 Å². The van der Waals surface area contributed by atoms with Crippen molar-refractivity contribution in [2.24, 2.45) is 17.4 Å². The summed E-state index contributed by atoms with van der Waals surface area (Å²) in [4.78, 5) is 53.4. The van der Waals surface area contributed by atoms with Crippen LogP contribution in [0.25, 0.3) is 0 Å². The van der Waals surface area contributed by atoms with E-state index in [-0.39, 0.29) is 12.3 Å². The number of nitrogens with one attached hydrogen (secondary N) is 3. The van der Waals surface area contributed by atoms with Crippen molar-refractivity contribution in [2.45, 2.75) is 44.8 Å². The second-order valence-electron chi connectivity index (χ2n) is 6.18. The van der Waals surface area contributed by atoms with Crippen molar-refractivity contribution in [1.82, 2.24) is 20.6 Å². The number of hydrogen-bond acceptors (Lipinski definition) is 6. The number of carbonyl (C=O) groups is 4. The van der Waals surface area contributed by atoms with Gasteiger partial charge in [0.05, 0.1) is 18.8 Å². The molecule has 1 aromatic rings. The minimum absolute atomic E-state index is 0.0330. The molecule has 0 saturated carbocycles. The summed E-state index contributed by atoms with van der Waals surface area (Å²) in [7, 11) is 0. The van der Waals surface area contributed by atoms with Crippen molar-refractivity contribution in [3.8, 4) is 0 Å². The largest absolute Gasteiger partial charge is 0.480 e. The van der Waals surface area contributed by atoms with Crippen LogP contribution in [0.1, 0.15) is 26.0 Å². The van der Waals surface area contributed by atoms with Gasteiger partial charge in [-0.3, -0.25) is 14.4 Å². The Morgan fingerprint density at radius 3 is 2.27 bits per heavy atom. The topological polar surface area (TPSA) is 193 Å². The van der Waals surface area contributed by atoms with E-state index in [1.165, 1.54) is 12.5 Å². The zero-order valence-electron chi connectivity index (χ0n) is 14.6. The predicted molar refractivity (Wildman–Crippen MR) is 90.4 cm³/mol. The Hall–Kier alpha value is -2.95. The molecule has 3 unspecified atom stereocenters. The highest BCUT2D eigenvalue weighted by Gasteiger charge is 2.29. The van der Waals surface area contributed by atoms with E-state index in [9.17, 15) is 19.2 Å². The Balaban J connectivity index is 2.91. The summed E-state index contributed by atoms with van der Waals surface area (Å²) in [6.07, 6.45) is 2.33. The molecule has 144 valence electrons. The molecule has 8 N–H and O–H groups in total. The third kappa shape index (κ3) is 6.51. The van der Waals surface area contributed by atoms with Gasteiger partial charge in [-0.25, -0.2) is 9.78 Å². The molecule has 0 spiro atoms. The van der Waals surface area contributed by atoms with Gasteiger partial charge in [0, 0.05) is 18.3 Å². The Kier molecular flexibility index (Phi) is 7.72. The highest BCUT2D eigenvalue weighted by molar-refractivity contribution is 5.93. The van der Waals surface area contributed by atoms with E-state index in [2.05, 4.69) is 20.6 Å². The van der Waals surface area contributed by atoms with Crippen molar-refractivity contribution >= 4 is 23.7 Å². The zero-order chi connectivity index (χ0) is 19.9. The van der Waals surface area contributed by atoms with E-state index in [0.29, 0.717) is 5.69 Å². The first-order chi connectivity index (χ1) is 12.1. The lowest BCUT2D eigenvalue weighted by atomic mass is 10.0. The van der Waals surface area contributed by atoms with Crippen molar-refractivity contribution in [2.75, 3.05) is 0 Å². The lowest BCUT2D eigenvalue weighted by Crippen LogP contribution is -2.56. The van der Waals surface area contributed by atoms with Gasteiger partial charge in [0.15, 0.2) is 0 Å². The molecule has 26 heavy (non-hydrogen) atoms. The molecule has 0 saturated heterocycles. The number of aromatic amines is 1.